The number of aromatic nitrogens is 2. The first kappa shape index (κ1) is 16.2. The van der Waals surface area contributed by atoms with Crippen LogP contribution in [0.5, 0.6) is 0 Å². The van der Waals surface area contributed by atoms with Crippen LogP contribution in [0.4, 0.5) is 0 Å². The molecule has 1 heterocycles. The molecule has 2 rings (SSSR count). The van der Waals surface area contributed by atoms with Gasteiger partial charge in [0.1, 0.15) is 0 Å². The van der Waals surface area contributed by atoms with Gasteiger partial charge in [0.25, 0.3) is 5.91 Å². The molecule has 0 radical (unpaired) electrons. The van der Waals surface area contributed by atoms with Crippen LogP contribution < -0.4 is 4.72 Å². The van der Waals surface area contributed by atoms with Crippen LogP contribution in [0.2, 0.25) is 0 Å². The summed E-state index contributed by atoms with van der Waals surface area (Å²) >= 11 is 0. The number of amides is 1. The third-order valence-electron chi connectivity index (χ3n) is 3.39. The van der Waals surface area contributed by atoms with E-state index in [-0.39, 0.29) is 0 Å². The van der Waals surface area contributed by atoms with E-state index < -0.39 is 21.2 Å². The van der Waals surface area contributed by atoms with Crippen LogP contribution in [0, 0.1) is 0 Å². The lowest BCUT2D eigenvalue weighted by Crippen LogP contribution is -2.37. The fourth-order valence-electron chi connectivity index (χ4n) is 2.05. The lowest BCUT2D eigenvalue weighted by molar-refractivity contribution is 0.0981. The average molecular weight is 321 g/mol. The smallest absolute Gasteiger partial charge is 0.264 e. The molecule has 0 aliphatic rings. The Balaban J connectivity index is 2.10. The molecule has 0 fully saturated rings. The van der Waals surface area contributed by atoms with Crippen molar-refractivity contribution in [2.45, 2.75) is 31.9 Å². The highest BCUT2D eigenvalue weighted by molar-refractivity contribution is 7.90. The molecule has 0 saturated heterocycles. The molecule has 1 amide bonds. The normalized spacial score (nSPS) is 12.8. The van der Waals surface area contributed by atoms with E-state index in [4.69, 9.17) is 0 Å². The summed E-state index contributed by atoms with van der Waals surface area (Å²) in [4.78, 5) is 16.0. The highest BCUT2D eigenvalue weighted by Gasteiger charge is 2.22. The first-order valence-electron chi connectivity index (χ1n) is 7.08. The van der Waals surface area contributed by atoms with Gasteiger partial charge in [-0.2, -0.15) is 0 Å². The zero-order chi connectivity index (χ0) is 16.2. The van der Waals surface area contributed by atoms with E-state index in [1.165, 1.54) is 0 Å². The lowest BCUT2D eigenvalue weighted by atomic mass is 10.2. The molecule has 1 aromatic heterocycles. The van der Waals surface area contributed by atoms with Crippen molar-refractivity contribution >= 4 is 15.9 Å². The summed E-state index contributed by atoms with van der Waals surface area (Å²) in [5.41, 5.74) is 1.15. The van der Waals surface area contributed by atoms with Gasteiger partial charge in [0.2, 0.25) is 10.0 Å². The van der Waals surface area contributed by atoms with Crippen molar-refractivity contribution in [2.75, 3.05) is 0 Å². The minimum atomic E-state index is -3.64. The number of imidazole rings is 1. The molecule has 22 heavy (non-hydrogen) atoms. The topological polar surface area (TPSA) is 81.1 Å². The number of benzene rings is 1. The lowest BCUT2D eigenvalue weighted by Gasteiger charge is -2.13. The maximum absolute atomic E-state index is 12.1. The second-order valence-electron chi connectivity index (χ2n) is 5.09. The van der Waals surface area contributed by atoms with Crippen LogP contribution in [0.25, 0.3) is 5.69 Å². The van der Waals surface area contributed by atoms with Crippen molar-refractivity contribution in [3.63, 3.8) is 0 Å². The molecule has 118 valence electrons. The first-order valence-corrected chi connectivity index (χ1v) is 8.63. The SMILES string of the molecule is CCCC(C)S(=O)(=O)NC(=O)c1ccc(-n2ccnc2)cc1. The number of sulfonamides is 1. The monoisotopic (exact) mass is 321 g/mol. The molecule has 6 nitrogen and oxygen atoms in total. The van der Waals surface area contributed by atoms with E-state index in [2.05, 4.69) is 9.71 Å². The van der Waals surface area contributed by atoms with Gasteiger partial charge in [-0.05, 0) is 37.6 Å². The van der Waals surface area contributed by atoms with E-state index in [0.29, 0.717) is 12.0 Å². The van der Waals surface area contributed by atoms with Gasteiger partial charge in [0.15, 0.2) is 0 Å². The van der Waals surface area contributed by atoms with Gasteiger partial charge in [-0.1, -0.05) is 13.3 Å². The molecule has 1 N–H and O–H groups in total. The molecule has 7 heteroatoms. The van der Waals surface area contributed by atoms with Gasteiger partial charge in [-0.25, -0.2) is 18.1 Å². The van der Waals surface area contributed by atoms with Crippen molar-refractivity contribution in [1.82, 2.24) is 14.3 Å². The molecule has 0 aliphatic heterocycles. The van der Waals surface area contributed by atoms with Crippen LogP contribution in [-0.4, -0.2) is 29.1 Å². The summed E-state index contributed by atoms with van der Waals surface area (Å²) < 4.78 is 27.9. The van der Waals surface area contributed by atoms with E-state index in [1.54, 1.807) is 54.5 Å². The summed E-state index contributed by atoms with van der Waals surface area (Å²) in [7, 11) is -3.64. The van der Waals surface area contributed by atoms with E-state index in [1.807, 2.05) is 6.92 Å². The molecular formula is C15H19N3O3S. The number of nitrogens with one attached hydrogen (secondary N) is 1. The van der Waals surface area contributed by atoms with Crippen molar-refractivity contribution in [2.24, 2.45) is 0 Å². The van der Waals surface area contributed by atoms with Crippen LogP contribution in [0.15, 0.2) is 43.0 Å². The number of carbonyl (C=O) groups is 1. The number of hydrogen-bond donors (Lipinski definition) is 1. The summed E-state index contributed by atoms with van der Waals surface area (Å²) in [5, 5.41) is -0.591. The van der Waals surface area contributed by atoms with E-state index >= 15 is 0 Å². The quantitative estimate of drug-likeness (QED) is 0.883. The zero-order valence-electron chi connectivity index (χ0n) is 12.6. The summed E-state index contributed by atoms with van der Waals surface area (Å²) in [6.07, 6.45) is 6.35. The van der Waals surface area contributed by atoms with Crippen molar-refractivity contribution in [1.29, 1.82) is 0 Å². The van der Waals surface area contributed by atoms with Crippen molar-refractivity contribution in [3.05, 3.63) is 48.5 Å². The number of nitrogens with zero attached hydrogens (tertiary/aromatic N) is 2. The largest absolute Gasteiger partial charge is 0.306 e. The Kier molecular flexibility index (Phi) is 4.97. The fraction of sp³-hybridized carbons (Fsp3) is 0.333. The number of hydrogen-bond acceptors (Lipinski definition) is 4. The maximum atomic E-state index is 12.1. The Morgan fingerprint density at radius 1 is 1.32 bits per heavy atom. The van der Waals surface area contributed by atoms with Gasteiger partial charge in [0, 0.05) is 23.6 Å². The predicted octanol–water partition coefficient (Wildman–Crippen LogP) is 2.12. The number of rotatable bonds is 6. The highest BCUT2D eigenvalue weighted by Crippen LogP contribution is 2.11. The third kappa shape index (κ3) is 3.73. The Bertz CT molecular complexity index is 722. The molecule has 1 atom stereocenters. The van der Waals surface area contributed by atoms with Crippen LogP contribution >= 0.6 is 0 Å². The number of carbonyl (C=O) groups excluding carboxylic acids is 1. The predicted molar refractivity (Wildman–Crippen MR) is 84.3 cm³/mol. The Hall–Kier alpha value is -2.15. The summed E-state index contributed by atoms with van der Waals surface area (Å²) in [6.45, 7) is 3.50. The molecule has 0 saturated carbocycles. The second kappa shape index (κ2) is 6.74. The van der Waals surface area contributed by atoms with Crippen molar-refractivity contribution < 1.29 is 13.2 Å². The van der Waals surface area contributed by atoms with Gasteiger partial charge >= 0.3 is 0 Å². The Morgan fingerprint density at radius 3 is 2.55 bits per heavy atom. The second-order valence-corrected chi connectivity index (χ2v) is 7.19. The van der Waals surface area contributed by atoms with Crippen molar-refractivity contribution in [3.8, 4) is 5.69 Å². The third-order valence-corrected chi connectivity index (χ3v) is 5.16. The molecule has 2 aromatic rings. The summed E-state index contributed by atoms with van der Waals surface area (Å²) in [5.74, 6) is -0.611. The average Bonchev–Trinajstić information content (AvgIpc) is 3.01. The van der Waals surface area contributed by atoms with Crippen LogP contribution in [0.1, 0.15) is 37.0 Å². The Labute approximate surface area is 130 Å². The molecule has 0 spiro atoms. The van der Waals surface area contributed by atoms with E-state index in [0.717, 1.165) is 12.1 Å². The highest BCUT2D eigenvalue weighted by atomic mass is 32.2. The van der Waals surface area contributed by atoms with Gasteiger partial charge in [0.05, 0.1) is 11.6 Å². The molecular weight excluding hydrogens is 302 g/mol. The maximum Gasteiger partial charge on any atom is 0.264 e. The molecule has 1 unspecified atom stereocenters. The van der Waals surface area contributed by atoms with Crippen LogP contribution in [0.3, 0.4) is 0 Å². The van der Waals surface area contributed by atoms with Gasteiger partial charge in [-0.3, -0.25) is 4.79 Å². The molecule has 1 aromatic carbocycles. The van der Waals surface area contributed by atoms with E-state index in [9.17, 15) is 13.2 Å². The van der Waals surface area contributed by atoms with Gasteiger partial charge in [-0.15, -0.1) is 0 Å². The first-order chi connectivity index (χ1) is 10.4. The van der Waals surface area contributed by atoms with Crippen LogP contribution in [-0.2, 0) is 10.0 Å². The zero-order valence-corrected chi connectivity index (χ0v) is 13.4. The molecule has 0 bridgehead atoms. The van der Waals surface area contributed by atoms with Gasteiger partial charge < -0.3 is 4.57 Å². The standard InChI is InChI=1S/C15H19N3O3S/c1-3-4-12(2)22(20,21)17-15(19)13-5-7-14(8-6-13)18-10-9-16-11-18/h5-12H,3-4H2,1-2H3,(H,17,19). The molecule has 0 aliphatic carbocycles. The fourth-order valence-corrected chi connectivity index (χ4v) is 3.17. The summed E-state index contributed by atoms with van der Waals surface area (Å²) in [6, 6.07) is 6.65. The minimum Gasteiger partial charge on any atom is -0.306 e. The Morgan fingerprint density at radius 2 is 2.00 bits per heavy atom. The minimum absolute atomic E-state index is 0.302.